The van der Waals surface area contributed by atoms with Crippen LogP contribution in [-0.4, -0.2) is 87.9 Å². The Bertz CT molecular complexity index is 1770. The van der Waals surface area contributed by atoms with Crippen LogP contribution in [-0.2, 0) is 46.4 Å². The summed E-state index contributed by atoms with van der Waals surface area (Å²) in [6.45, 7) is 6.01. The summed E-state index contributed by atoms with van der Waals surface area (Å²) in [7, 11) is 0. The lowest BCUT2D eigenvalue weighted by molar-refractivity contribution is -0.143. The average Bonchev–Trinajstić information content (AvgIpc) is 3.13. The number of rotatable bonds is 19. The minimum atomic E-state index is -1.44. The first kappa shape index (κ1) is 42.3. The molecule has 0 saturated carbocycles. The number of amides is 5. The average molecular weight is 745 g/mol. The van der Waals surface area contributed by atoms with E-state index in [2.05, 4.69) is 26.6 Å². The van der Waals surface area contributed by atoms with E-state index in [1.807, 2.05) is 42.5 Å². The molecule has 288 valence electrons. The molecule has 5 amide bonds. The van der Waals surface area contributed by atoms with Crippen LogP contribution in [0.15, 0.2) is 84.9 Å². The first-order valence-corrected chi connectivity index (χ1v) is 17.5. The predicted molar refractivity (Wildman–Crippen MR) is 199 cm³/mol. The molecular formula is C39H48N6O9. The SMILES string of the molecule is CC(C)[C@H](NC(=O)[C@H](Cc1ccccc1)NC(=O)[C@H](C)NC(=O)[C@H](C)NC(=O)[C@H](Cc1ccc(-c2ccccc2)cc1)NC(=O)[C@@H](N)CC(=O)O)C(=O)O. The second kappa shape index (κ2) is 20.2. The Morgan fingerprint density at radius 1 is 0.537 bits per heavy atom. The molecule has 0 aliphatic carbocycles. The molecule has 0 bridgehead atoms. The highest BCUT2D eigenvalue weighted by Gasteiger charge is 2.31. The van der Waals surface area contributed by atoms with E-state index in [9.17, 15) is 38.7 Å². The number of carbonyl (C=O) groups is 7. The van der Waals surface area contributed by atoms with Crippen molar-refractivity contribution in [2.45, 2.75) is 83.2 Å². The monoisotopic (exact) mass is 744 g/mol. The number of benzene rings is 3. The maximum atomic E-state index is 13.5. The van der Waals surface area contributed by atoms with Crippen molar-refractivity contribution in [2.75, 3.05) is 0 Å². The Morgan fingerprint density at radius 3 is 1.46 bits per heavy atom. The van der Waals surface area contributed by atoms with Gasteiger partial charge in [0.05, 0.1) is 12.5 Å². The van der Waals surface area contributed by atoms with Crippen LogP contribution in [0.25, 0.3) is 11.1 Å². The quantitative estimate of drug-likeness (QED) is 0.0870. The second-order valence-electron chi connectivity index (χ2n) is 13.3. The zero-order valence-corrected chi connectivity index (χ0v) is 30.6. The van der Waals surface area contributed by atoms with Gasteiger partial charge in [-0.25, -0.2) is 4.79 Å². The van der Waals surface area contributed by atoms with Crippen molar-refractivity contribution < 1.29 is 43.8 Å². The van der Waals surface area contributed by atoms with Crippen molar-refractivity contribution in [1.82, 2.24) is 26.6 Å². The number of hydrogen-bond acceptors (Lipinski definition) is 8. The van der Waals surface area contributed by atoms with Crippen LogP contribution in [0, 0.1) is 5.92 Å². The predicted octanol–water partition coefficient (Wildman–Crippen LogP) is 1.15. The van der Waals surface area contributed by atoms with Gasteiger partial charge in [-0.05, 0) is 42.0 Å². The molecule has 15 nitrogen and oxygen atoms in total. The number of carbonyl (C=O) groups excluding carboxylic acids is 5. The van der Waals surface area contributed by atoms with Crippen LogP contribution < -0.4 is 32.3 Å². The van der Waals surface area contributed by atoms with Crippen molar-refractivity contribution in [2.24, 2.45) is 11.7 Å². The van der Waals surface area contributed by atoms with E-state index in [1.54, 1.807) is 56.3 Å². The van der Waals surface area contributed by atoms with Gasteiger partial charge >= 0.3 is 11.9 Å². The molecule has 0 aliphatic heterocycles. The molecular weight excluding hydrogens is 696 g/mol. The standard InChI is InChI=1S/C39H48N6O9/c1-22(2)33(39(53)54)45-38(52)31(19-25-11-7-5-8-12-25)43-35(49)24(4)41-34(48)23(3)42-37(51)30(44-36(50)29(40)21-32(46)47)20-26-15-17-28(18-16-26)27-13-9-6-10-14-27/h5-18,22-24,29-31,33H,19-21,40H2,1-4H3,(H,41,48)(H,42,51)(H,43,49)(H,44,50)(H,45,52)(H,46,47)(H,53,54)/t23-,24-,29-,30-,31-,33-/m0/s1. The molecule has 54 heavy (non-hydrogen) atoms. The van der Waals surface area contributed by atoms with E-state index in [0.717, 1.165) is 11.1 Å². The molecule has 9 N–H and O–H groups in total. The molecule has 15 heteroatoms. The van der Waals surface area contributed by atoms with Crippen molar-refractivity contribution >= 4 is 41.5 Å². The van der Waals surface area contributed by atoms with E-state index in [1.165, 1.54) is 13.8 Å². The highest BCUT2D eigenvalue weighted by atomic mass is 16.4. The topological polar surface area (TPSA) is 246 Å². The van der Waals surface area contributed by atoms with Crippen LogP contribution in [0.3, 0.4) is 0 Å². The number of carboxylic acids is 2. The summed E-state index contributed by atoms with van der Waals surface area (Å²) in [5, 5.41) is 31.2. The lowest BCUT2D eigenvalue weighted by Gasteiger charge is -2.25. The van der Waals surface area contributed by atoms with Crippen LogP contribution >= 0.6 is 0 Å². The third kappa shape index (κ3) is 13.2. The maximum Gasteiger partial charge on any atom is 0.326 e. The maximum absolute atomic E-state index is 13.5. The molecule has 0 unspecified atom stereocenters. The molecule has 0 spiro atoms. The van der Waals surface area contributed by atoms with Crippen molar-refractivity contribution in [1.29, 1.82) is 0 Å². The fraction of sp³-hybridized carbons (Fsp3) is 0.359. The van der Waals surface area contributed by atoms with Crippen LogP contribution in [0.5, 0.6) is 0 Å². The third-order valence-corrected chi connectivity index (χ3v) is 8.52. The summed E-state index contributed by atoms with van der Waals surface area (Å²) in [5.41, 5.74) is 8.99. The van der Waals surface area contributed by atoms with E-state index in [4.69, 9.17) is 10.8 Å². The van der Waals surface area contributed by atoms with Crippen LogP contribution in [0.1, 0.15) is 45.2 Å². The summed E-state index contributed by atoms with van der Waals surface area (Å²) in [6, 6.07) is 18.1. The van der Waals surface area contributed by atoms with Crippen molar-refractivity contribution in [3.63, 3.8) is 0 Å². The first-order chi connectivity index (χ1) is 25.5. The van der Waals surface area contributed by atoms with Crippen molar-refractivity contribution in [3.8, 4) is 11.1 Å². The minimum Gasteiger partial charge on any atom is -0.481 e. The van der Waals surface area contributed by atoms with Gasteiger partial charge in [0, 0.05) is 12.8 Å². The summed E-state index contributed by atoms with van der Waals surface area (Å²) < 4.78 is 0. The Kier molecular flexibility index (Phi) is 15.9. The third-order valence-electron chi connectivity index (χ3n) is 8.52. The summed E-state index contributed by atoms with van der Waals surface area (Å²) in [6.07, 6.45) is -0.658. The van der Waals surface area contributed by atoms with Gasteiger partial charge in [0.1, 0.15) is 30.2 Å². The number of nitrogens with two attached hydrogens (primary N) is 1. The van der Waals surface area contributed by atoms with E-state index >= 15 is 0 Å². The van der Waals surface area contributed by atoms with E-state index in [0.29, 0.717) is 11.1 Å². The highest BCUT2D eigenvalue weighted by Crippen LogP contribution is 2.20. The molecule has 0 heterocycles. The second-order valence-corrected chi connectivity index (χ2v) is 13.3. The zero-order chi connectivity index (χ0) is 39.9. The van der Waals surface area contributed by atoms with Gasteiger partial charge in [0.25, 0.3) is 0 Å². The molecule has 0 saturated heterocycles. The van der Waals surface area contributed by atoms with Gasteiger partial charge in [-0.3, -0.25) is 28.8 Å². The minimum absolute atomic E-state index is 0.0238. The molecule has 0 radical (unpaired) electrons. The van der Waals surface area contributed by atoms with Gasteiger partial charge in [-0.15, -0.1) is 0 Å². The Balaban J connectivity index is 1.70. The number of hydrogen-bond donors (Lipinski definition) is 8. The fourth-order valence-corrected chi connectivity index (χ4v) is 5.38. The molecule has 3 rings (SSSR count). The molecule has 3 aromatic carbocycles. The lowest BCUT2D eigenvalue weighted by Crippen LogP contribution is -2.59. The Morgan fingerprint density at radius 2 is 0.963 bits per heavy atom. The van der Waals surface area contributed by atoms with Crippen LogP contribution in [0.2, 0.25) is 0 Å². The molecule has 3 aromatic rings. The fourth-order valence-electron chi connectivity index (χ4n) is 5.38. The van der Waals surface area contributed by atoms with Gasteiger partial charge < -0.3 is 42.5 Å². The number of aliphatic carboxylic acids is 2. The molecule has 0 fully saturated rings. The van der Waals surface area contributed by atoms with Crippen molar-refractivity contribution in [3.05, 3.63) is 96.1 Å². The highest BCUT2D eigenvalue weighted by molar-refractivity contribution is 5.96. The lowest BCUT2D eigenvalue weighted by atomic mass is 10.00. The molecule has 0 aromatic heterocycles. The zero-order valence-electron chi connectivity index (χ0n) is 30.6. The normalized spacial score (nSPS) is 14.3. The smallest absolute Gasteiger partial charge is 0.326 e. The summed E-state index contributed by atoms with van der Waals surface area (Å²) >= 11 is 0. The van der Waals surface area contributed by atoms with Gasteiger partial charge in [0.2, 0.25) is 29.5 Å². The van der Waals surface area contributed by atoms with E-state index < -0.39 is 90.1 Å². The Labute approximate surface area is 313 Å². The molecule has 0 aliphatic rings. The summed E-state index contributed by atoms with van der Waals surface area (Å²) in [4.78, 5) is 88.8. The Hall–Kier alpha value is -6.09. The van der Waals surface area contributed by atoms with Gasteiger partial charge in [-0.2, -0.15) is 0 Å². The number of nitrogens with one attached hydrogen (secondary N) is 5. The van der Waals surface area contributed by atoms with Gasteiger partial charge in [0.15, 0.2) is 0 Å². The van der Waals surface area contributed by atoms with E-state index in [-0.39, 0.29) is 12.8 Å². The molecule has 6 atom stereocenters. The largest absolute Gasteiger partial charge is 0.481 e. The first-order valence-electron chi connectivity index (χ1n) is 17.5. The van der Waals surface area contributed by atoms with Crippen LogP contribution in [0.4, 0.5) is 0 Å². The number of carboxylic acid groups (broad SMARTS) is 2. The summed E-state index contributed by atoms with van der Waals surface area (Å²) in [5.74, 6) is -6.85. The van der Waals surface area contributed by atoms with Gasteiger partial charge in [-0.1, -0.05) is 98.8 Å².